The SMILES string of the molecule is CO[C@@H]1C[C@H](C(=O)Nc2ccc3c(c2)CC(C)N(C)C3)N(C(=O)Nc2ccc(Cl)cn2)C1. The number of amides is 3. The number of hydrogen-bond donors (Lipinski definition) is 2. The Balaban J connectivity index is 1.46. The predicted octanol–water partition coefficient (Wildman–Crippen LogP) is 3.37. The maximum absolute atomic E-state index is 13.1. The Morgan fingerprint density at radius 3 is 2.72 bits per heavy atom. The summed E-state index contributed by atoms with van der Waals surface area (Å²) >= 11 is 5.86. The second-order valence-electron chi connectivity index (χ2n) is 8.49. The van der Waals surface area contributed by atoms with Gasteiger partial charge in [0, 0.05) is 44.5 Å². The summed E-state index contributed by atoms with van der Waals surface area (Å²) in [5, 5.41) is 6.21. The van der Waals surface area contributed by atoms with Gasteiger partial charge in [-0.2, -0.15) is 0 Å². The minimum absolute atomic E-state index is 0.213. The van der Waals surface area contributed by atoms with E-state index in [0.29, 0.717) is 29.8 Å². The lowest BCUT2D eigenvalue weighted by Gasteiger charge is -2.32. The molecule has 3 atom stereocenters. The molecule has 3 heterocycles. The quantitative estimate of drug-likeness (QED) is 0.735. The number of halogens is 1. The molecule has 1 fully saturated rings. The second-order valence-corrected chi connectivity index (χ2v) is 8.93. The second kappa shape index (κ2) is 9.44. The topological polar surface area (TPSA) is 86.8 Å². The number of benzene rings is 1. The lowest BCUT2D eigenvalue weighted by atomic mass is 9.95. The molecule has 2 aliphatic heterocycles. The van der Waals surface area contributed by atoms with Crippen molar-refractivity contribution >= 4 is 35.0 Å². The third-order valence-corrected chi connectivity index (χ3v) is 6.51. The number of methoxy groups -OCH3 is 1. The highest BCUT2D eigenvalue weighted by molar-refractivity contribution is 6.30. The van der Waals surface area contributed by atoms with Gasteiger partial charge in [-0.3, -0.25) is 15.0 Å². The van der Waals surface area contributed by atoms with Crippen LogP contribution in [0.25, 0.3) is 0 Å². The van der Waals surface area contributed by atoms with Gasteiger partial charge < -0.3 is 15.0 Å². The van der Waals surface area contributed by atoms with Crippen LogP contribution >= 0.6 is 11.6 Å². The maximum Gasteiger partial charge on any atom is 0.323 e. The molecule has 4 rings (SSSR count). The maximum atomic E-state index is 13.1. The number of ether oxygens (including phenoxy) is 1. The summed E-state index contributed by atoms with van der Waals surface area (Å²) in [6.45, 7) is 3.42. The summed E-state index contributed by atoms with van der Waals surface area (Å²) in [5.41, 5.74) is 3.27. The molecular formula is C23H28ClN5O3. The number of nitrogens with zero attached hydrogens (tertiary/aromatic N) is 3. The first-order chi connectivity index (χ1) is 15.3. The lowest BCUT2D eigenvalue weighted by molar-refractivity contribution is -0.119. The number of hydrogen-bond acceptors (Lipinski definition) is 5. The molecule has 1 unspecified atom stereocenters. The molecule has 0 radical (unpaired) electrons. The van der Waals surface area contributed by atoms with E-state index in [1.54, 1.807) is 19.2 Å². The fourth-order valence-corrected chi connectivity index (χ4v) is 4.36. The zero-order valence-corrected chi connectivity index (χ0v) is 19.2. The summed E-state index contributed by atoms with van der Waals surface area (Å²) < 4.78 is 5.44. The van der Waals surface area contributed by atoms with E-state index in [2.05, 4.69) is 40.6 Å². The van der Waals surface area contributed by atoms with Crippen molar-refractivity contribution in [2.45, 2.75) is 44.5 Å². The smallest absolute Gasteiger partial charge is 0.323 e. The van der Waals surface area contributed by atoms with Crippen LogP contribution in [0.15, 0.2) is 36.5 Å². The highest BCUT2D eigenvalue weighted by atomic mass is 35.5. The molecule has 9 heteroatoms. The number of aromatic nitrogens is 1. The van der Waals surface area contributed by atoms with Gasteiger partial charge in [0.2, 0.25) is 5.91 Å². The molecule has 2 aromatic rings. The number of carbonyl (C=O) groups excluding carboxylic acids is 2. The van der Waals surface area contributed by atoms with Gasteiger partial charge >= 0.3 is 6.03 Å². The number of carbonyl (C=O) groups is 2. The molecule has 8 nitrogen and oxygen atoms in total. The first-order valence-electron chi connectivity index (χ1n) is 10.7. The van der Waals surface area contributed by atoms with E-state index in [4.69, 9.17) is 16.3 Å². The number of pyridine rings is 1. The van der Waals surface area contributed by atoms with E-state index in [-0.39, 0.29) is 12.0 Å². The largest absolute Gasteiger partial charge is 0.380 e. The van der Waals surface area contributed by atoms with E-state index in [1.807, 2.05) is 12.1 Å². The predicted molar refractivity (Wildman–Crippen MR) is 124 cm³/mol. The van der Waals surface area contributed by atoms with Gasteiger partial charge in [0.25, 0.3) is 0 Å². The molecule has 0 saturated carbocycles. The Kier molecular flexibility index (Phi) is 6.64. The Morgan fingerprint density at radius 1 is 1.19 bits per heavy atom. The molecule has 0 bridgehead atoms. The number of anilines is 2. The molecule has 32 heavy (non-hydrogen) atoms. The summed E-state index contributed by atoms with van der Waals surface area (Å²) in [5.74, 6) is 0.137. The highest BCUT2D eigenvalue weighted by Gasteiger charge is 2.40. The molecular weight excluding hydrogens is 430 g/mol. The van der Waals surface area contributed by atoms with Crippen molar-refractivity contribution in [1.82, 2.24) is 14.8 Å². The Labute approximate surface area is 192 Å². The van der Waals surface area contributed by atoms with Gasteiger partial charge in [0.15, 0.2) is 0 Å². The zero-order chi connectivity index (χ0) is 22.8. The first-order valence-corrected chi connectivity index (χ1v) is 11.1. The van der Waals surface area contributed by atoms with Crippen molar-refractivity contribution in [1.29, 1.82) is 0 Å². The summed E-state index contributed by atoms with van der Waals surface area (Å²) in [7, 11) is 3.71. The molecule has 3 amide bonds. The van der Waals surface area contributed by atoms with Gasteiger partial charge in [0.1, 0.15) is 11.9 Å². The van der Waals surface area contributed by atoms with Crippen molar-refractivity contribution < 1.29 is 14.3 Å². The molecule has 1 saturated heterocycles. The van der Waals surface area contributed by atoms with Crippen molar-refractivity contribution in [3.8, 4) is 0 Å². The summed E-state index contributed by atoms with van der Waals surface area (Å²) in [6.07, 6.45) is 2.61. The average molecular weight is 458 g/mol. The number of likely N-dealkylation sites (N-methyl/N-ethyl adjacent to an activating group) is 1. The zero-order valence-electron chi connectivity index (χ0n) is 18.5. The Hall–Kier alpha value is -2.68. The van der Waals surface area contributed by atoms with Crippen LogP contribution < -0.4 is 10.6 Å². The number of rotatable bonds is 4. The van der Waals surface area contributed by atoms with Crippen LogP contribution in [-0.4, -0.2) is 65.6 Å². The van der Waals surface area contributed by atoms with Gasteiger partial charge in [-0.05, 0) is 55.8 Å². The van der Waals surface area contributed by atoms with Gasteiger partial charge in [-0.25, -0.2) is 9.78 Å². The number of nitrogens with one attached hydrogen (secondary N) is 2. The van der Waals surface area contributed by atoms with E-state index in [1.165, 1.54) is 22.2 Å². The van der Waals surface area contributed by atoms with Crippen LogP contribution in [-0.2, 0) is 22.5 Å². The molecule has 1 aromatic heterocycles. The molecule has 0 spiro atoms. The summed E-state index contributed by atoms with van der Waals surface area (Å²) in [4.78, 5) is 33.9. The highest BCUT2D eigenvalue weighted by Crippen LogP contribution is 2.27. The fourth-order valence-electron chi connectivity index (χ4n) is 4.24. The van der Waals surface area contributed by atoms with E-state index < -0.39 is 12.1 Å². The van der Waals surface area contributed by atoms with E-state index in [0.717, 1.165) is 18.7 Å². The van der Waals surface area contributed by atoms with Gasteiger partial charge in [0.05, 0.1) is 11.1 Å². The summed E-state index contributed by atoms with van der Waals surface area (Å²) in [6, 6.07) is 8.70. The van der Waals surface area contributed by atoms with Crippen molar-refractivity contribution in [3.05, 3.63) is 52.7 Å². The minimum Gasteiger partial charge on any atom is -0.380 e. The van der Waals surface area contributed by atoms with Crippen LogP contribution in [0, 0.1) is 0 Å². The number of likely N-dealkylation sites (tertiary alicyclic amines) is 1. The molecule has 1 aromatic carbocycles. The van der Waals surface area contributed by atoms with Crippen molar-refractivity contribution in [3.63, 3.8) is 0 Å². The first kappa shape index (κ1) is 22.5. The monoisotopic (exact) mass is 457 g/mol. The average Bonchev–Trinajstić information content (AvgIpc) is 3.21. The normalized spacial score (nSPS) is 23.0. The number of urea groups is 1. The van der Waals surface area contributed by atoms with Crippen LogP contribution in [0.2, 0.25) is 5.02 Å². The van der Waals surface area contributed by atoms with Crippen LogP contribution in [0.4, 0.5) is 16.3 Å². The van der Waals surface area contributed by atoms with Gasteiger partial charge in [-0.1, -0.05) is 17.7 Å². The van der Waals surface area contributed by atoms with Gasteiger partial charge in [-0.15, -0.1) is 0 Å². The van der Waals surface area contributed by atoms with Crippen molar-refractivity contribution in [2.75, 3.05) is 31.3 Å². The Bertz CT molecular complexity index is 1000. The molecule has 0 aliphatic carbocycles. The minimum atomic E-state index is -0.645. The Morgan fingerprint density at radius 2 is 2.00 bits per heavy atom. The molecule has 2 aliphatic rings. The molecule has 170 valence electrons. The number of fused-ring (bicyclic) bond motifs is 1. The van der Waals surface area contributed by atoms with Crippen molar-refractivity contribution in [2.24, 2.45) is 0 Å². The van der Waals surface area contributed by atoms with E-state index in [9.17, 15) is 9.59 Å². The third kappa shape index (κ3) is 4.87. The molecule has 2 N–H and O–H groups in total. The fraction of sp³-hybridized carbons (Fsp3) is 0.435. The van der Waals surface area contributed by atoms with Crippen LogP contribution in [0.3, 0.4) is 0 Å². The van der Waals surface area contributed by atoms with Crippen LogP contribution in [0.1, 0.15) is 24.5 Å². The van der Waals surface area contributed by atoms with Crippen LogP contribution in [0.5, 0.6) is 0 Å². The lowest BCUT2D eigenvalue weighted by Crippen LogP contribution is -2.45. The third-order valence-electron chi connectivity index (χ3n) is 6.28. The van der Waals surface area contributed by atoms with E-state index >= 15 is 0 Å². The standard InChI is InChI=1S/C23H28ClN5O3/c1-14-8-16-9-18(6-4-15(16)12-28(14)2)26-22(30)20-10-19(32-3)13-29(20)23(31)27-21-7-5-17(24)11-25-21/h4-7,9,11,14,19-20H,8,10,12-13H2,1-3H3,(H,26,30)(H,25,27,31)/t14?,19-,20-/m1/s1.